The largest absolute Gasteiger partial charge is 0.469 e. The Morgan fingerprint density at radius 2 is 2.21 bits per heavy atom. The van der Waals surface area contributed by atoms with Gasteiger partial charge in [-0.3, -0.25) is 0 Å². The molecule has 2 nitrogen and oxygen atoms in total. The average Bonchev–Trinajstić information content (AvgIpc) is 2.91. The quantitative estimate of drug-likeness (QED) is 0.856. The Balaban J connectivity index is 1.76. The van der Waals surface area contributed by atoms with Gasteiger partial charge >= 0.3 is 0 Å². The van der Waals surface area contributed by atoms with Crippen LogP contribution in [0.15, 0.2) is 45.5 Å². The third kappa shape index (κ3) is 4.48. The van der Waals surface area contributed by atoms with Crippen LogP contribution in [-0.4, -0.2) is 6.04 Å². The van der Waals surface area contributed by atoms with E-state index in [1.54, 1.807) is 18.4 Å². The molecule has 1 unspecified atom stereocenters. The van der Waals surface area contributed by atoms with Crippen LogP contribution in [0, 0.1) is 5.82 Å². The van der Waals surface area contributed by atoms with Gasteiger partial charge in [0, 0.05) is 19.0 Å². The molecule has 4 heteroatoms. The molecule has 0 amide bonds. The van der Waals surface area contributed by atoms with E-state index in [1.165, 1.54) is 0 Å². The molecule has 0 bridgehead atoms. The molecule has 0 radical (unpaired) electrons. The Kier molecular flexibility index (Phi) is 5.16. The van der Waals surface area contributed by atoms with Crippen molar-refractivity contribution in [3.05, 3.63) is 58.2 Å². The van der Waals surface area contributed by atoms with Gasteiger partial charge < -0.3 is 9.73 Å². The molecule has 1 aromatic heterocycles. The molecule has 1 heterocycles. The van der Waals surface area contributed by atoms with Gasteiger partial charge in [0.15, 0.2) is 0 Å². The topological polar surface area (TPSA) is 25.2 Å². The highest BCUT2D eigenvalue weighted by Gasteiger charge is 2.05. The zero-order valence-electron chi connectivity index (χ0n) is 10.8. The summed E-state index contributed by atoms with van der Waals surface area (Å²) in [4.78, 5) is 0. The Morgan fingerprint density at radius 1 is 1.37 bits per heavy atom. The van der Waals surface area contributed by atoms with Crippen molar-refractivity contribution < 1.29 is 8.81 Å². The van der Waals surface area contributed by atoms with E-state index in [0.29, 0.717) is 17.1 Å². The van der Waals surface area contributed by atoms with Crippen molar-refractivity contribution in [3.8, 4) is 0 Å². The fraction of sp³-hybridized carbons (Fsp3) is 0.333. The molecule has 2 aromatic rings. The van der Waals surface area contributed by atoms with E-state index in [-0.39, 0.29) is 5.82 Å². The van der Waals surface area contributed by atoms with Gasteiger partial charge in [-0.2, -0.15) is 0 Å². The van der Waals surface area contributed by atoms with Gasteiger partial charge in [0.05, 0.1) is 10.7 Å². The second-order valence-corrected chi connectivity index (χ2v) is 5.50. The fourth-order valence-electron chi connectivity index (χ4n) is 1.86. The minimum absolute atomic E-state index is 0.220. The summed E-state index contributed by atoms with van der Waals surface area (Å²) in [6.07, 6.45) is 3.60. The van der Waals surface area contributed by atoms with E-state index in [0.717, 1.165) is 24.2 Å². The molecule has 0 aliphatic carbocycles. The second-order valence-electron chi connectivity index (χ2n) is 4.65. The van der Waals surface area contributed by atoms with Gasteiger partial charge in [-0.15, -0.1) is 0 Å². The van der Waals surface area contributed by atoms with Crippen molar-refractivity contribution in [2.24, 2.45) is 0 Å². The van der Waals surface area contributed by atoms with Crippen LogP contribution in [0.1, 0.15) is 24.7 Å². The summed E-state index contributed by atoms with van der Waals surface area (Å²) < 4.78 is 19.1. The number of halogens is 2. The van der Waals surface area contributed by atoms with Crippen molar-refractivity contribution in [2.45, 2.75) is 32.4 Å². The summed E-state index contributed by atoms with van der Waals surface area (Å²) in [5.74, 6) is 0.783. The lowest BCUT2D eigenvalue weighted by atomic mass is 10.1. The van der Waals surface area contributed by atoms with E-state index in [9.17, 15) is 4.39 Å². The van der Waals surface area contributed by atoms with E-state index in [4.69, 9.17) is 4.42 Å². The van der Waals surface area contributed by atoms with Crippen LogP contribution < -0.4 is 5.32 Å². The summed E-state index contributed by atoms with van der Waals surface area (Å²) >= 11 is 3.15. The van der Waals surface area contributed by atoms with Crippen molar-refractivity contribution >= 4 is 15.9 Å². The Bertz CT molecular complexity index is 513. The number of aryl methyl sites for hydroxylation is 1. The van der Waals surface area contributed by atoms with Gasteiger partial charge in [-0.1, -0.05) is 6.07 Å². The SMILES string of the molecule is CC(CCc1ccco1)NCc1ccc(Br)c(F)c1. The lowest BCUT2D eigenvalue weighted by Gasteiger charge is -2.13. The van der Waals surface area contributed by atoms with Gasteiger partial charge in [-0.05, 0) is 59.1 Å². The molecule has 2 rings (SSSR count). The van der Waals surface area contributed by atoms with Gasteiger partial charge in [0.25, 0.3) is 0 Å². The summed E-state index contributed by atoms with van der Waals surface area (Å²) in [6.45, 7) is 2.79. The van der Waals surface area contributed by atoms with Crippen LogP contribution in [0.4, 0.5) is 4.39 Å². The maximum Gasteiger partial charge on any atom is 0.137 e. The Hall–Kier alpha value is -1.13. The molecule has 102 valence electrons. The number of hydrogen-bond acceptors (Lipinski definition) is 2. The Morgan fingerprint density at radius 3 is 2.89 bits per heavy atom. The maximum absolute atomic E-state index is 13.4. The summed E-state index contributed by atoms with van der Waals surface area (Å²) in [5.41, 5.74) is 0.950. The van der Waals surface area contributed by atoms with Gasteiger partial charge in [0.1, 0.15) is 11.6 Å². The number of rotatable bonds is 6. The molecular formula is C15H17BrFNO. The highest BCUT2D eigenvalue weighted by atomic mass is 79.9. The first-order chi connectivity index (χ1) is 9.15. The average molecular weight is 326 g/mol. The maximum atomic E-state index is 13.4. The molecule has 0 aliphatic heterocycles. The van der Waals surface area contributed by atoms with Crippen molar-refractivity contribution in [3.63, 3.8) is 0 Å². The van der Waals surface area contributed by atoms with Crippen LogP contribution in [0.5, 0.6) is 0 Å². The first-order valence-corrected chi connectivity index (χ1v) is 7.14. The molecule has 1 aromatic carbocycles. The Labute approximate surface area is 121 Å². The third-order valence-electron chi connectivity index (χ3n) is 3.04. The van der Waals surface area contributed by atoms with Crippen LogP contribution in [-0.2, 0) is 13.0 Å². The highest BCUT2D eigenvalue weighted by molar-refractivity contribution is 9.10. The minimum Gasteiger partial charge on any atom is -0.469 e. The second kappa shape index (κ2) is 6.87. The van der Waals surface area contributed by atoms with E-state index in [1.807, 2.05) is 18.2 Å². The molecule has 0 spiro atoms. The summed E-state index contributed by atoms with van der Waals surface area (Å²) in [6, 6.07) is 9.45. The van der Waals surface area contributed by atoms with Crippen LogP contribution in [0.25, 0.3) is 0 Å². The normalized spacial score (nSPS) is 12.6. The van der Waals surface area contributed by atoms with Crippen LogP contribution in [0.2, 0.25) is 0 Å². The third-order valence-corrected chi connectivity index (χ3v) is 3.69. The predicted molar refractivity (Wildman–Crippen MR) is 77.4 cm³/mol. The van der Waals surface area contributed by atoms with Gasteiger partial charge in [-0.25, -0.2) is 4.39 Å². The van der Waals surface area contributed by atoms with Crippen molar-refractivity contribution in [2.75, 3.05) is 0 Å². The van der Waals surface area contributed by atoms with E-state index >= 15 is 0 Å². The highest BCUT2D eigenvalue weighted by Crippen LogP contribution is 2.16. The molecule has 19 heavy (non-hydrogen) atoms. The smallest absolute Gasteiger partial charge is 0.137 e. The summed E-state index contributed by atoms with van der Waals surface area (Å²) in [5, 5.41) is 3.38. The lowest BCUT2D eigenvalue weighted by Crippen LogP contribution is -2.25. The monoisotopic (exact) mass is 325 g/mol. The first kappa shape index (κ1) is 14.3. The van der Waals surface area contributed by atoms with Crippen molar-refractivity contribution in [1.82, 2.24) is 5.32 Å². The molecule has 0 saturated carbocycles. The van der Waals surface area contributed by atoms with E-state index in [2.05, 4.69) is 28.2 Å². The number of benzene rings is 1. The van der Waals surface area contributed by atoms with Crippen LogP contribution >= 0.6 is 15.9 Å². The predicted octanol–water partition coefficient (Wildman–Crippen LogP) is 4.29. The number of nitrogens with one attached hydrogen (secondary N) is 1. The molecular weight excluding hydrogens is 309 g/mol. The zero-order valence-corrected chi connectivity index (χ0v) is 12.4. The van der Waals surface area contributed by atoms with E-state index < -0.39 is 0 Å². The first-order valence-electron chi connectivity index (χ1n) is 6.35. The standard InChI is InChI=1S/C15H17BrFNO/c1-11(4-6-13-3-2-8-19-13)18-10-12-5-7-14(16)15(17)9-12/h2-3,5,7-9,11,18H,4,6,10H2,1H3. The number of hydrogen-bond donors (Lipinski definition) is 1. The molecule has 1 N–H and O–H groups in total. The number of furan rings is 1. The molecule has 0 aliphatic rings. The van der Waals surface area contributed by atoms with Gasteiger partial charge in [0.2, 0.25) is 0 Å². The summed E-state index contributed by atoms with van der Waals surface area (Å²) in [7, 11) is 0. The fourth-order valence-corrected chi connectivity index (χ4v) is 2.10. The molecule has 1 atom stereocenters. The minimum atomic E-state index is -0.220. The molecule has 0 fully saturated rings. The lowest BCUT2D eigenvalue weighted by molar-refractivity contribution is 0.459. The molecule has 0 saturated heterocycles. The zero-order chi connectivity index (χ0) is 13.7. The van der Waals surface area contributed by atoms with Crippen LogP contribution in [0.3, 0.4) is 0 Å². The van der Waals surface area contributed by atoms with Crippen molar-refractivity contribution in [1.29, 1.82) is 0 Å².